The van der Waals surface area contributed by atoms with E-state index >= 15 is 0 Å². The highest BCUT2D eigenvalue weighted by Gasteiger charge is 2.22. The molecule has 21 heavy (non-hydrogen) atoms. The Hall–Kier alpha value is -2.77. The topological polar surface area (TPSA) is 105 Å². The molecule has 0 fully saturated rings. The molecule has 1 atom stereocenters. The highest BCUT2D eigenvalue weighted by molar-refractivity contribution is 5.52. The molecular formula is C13H14N4O4. The van der Waals surface area contributed by atoms with Gasteiger partial charge in [0.2, 0.25) is 5.82 Å². The van der Waals surface area contributed by atoms with Crippen LogP contribution in [0.25, 0.3) is 0 Å². The van der Waals surface area contributed by atoms with Gasteiger partial charge in [-0.05, 0) is 24.6 Å². The first-order valence-corrected chi connectivity index (χ1v) is 6.45. The number of fused-ring (bicyclic) bond motifs is 1. The number of anilines is 1. The summed E-state index contributed by atoms with van der Waals surface area (Å²) in [6.45, 7) is 2.89. The number of hydrogen-bond donors (Lipinski definition) is 1. The monoisotopic (exact) mass is 290 g/mol. The summed E-state index contributed by atoms with van der Waals surface area (Å²) in [5.74, 6) is 1.38. The van der Waals surface area contributed by atoms with Gasteiger partial charge >= 0.3 is 5.69 Å². The van der Waals surface area contributed by atoms with E-state index in [1.54, 1.807) is 0 Å². The summed E-state index contributed by atoms with van der Waals surface area (Å²) in [4.78, 5) is 10.3. The minimum Gasteiger partial charge on any atom is -0.486 e. The normalized spacial score (nSPS) is 14.7. The minimum atomic E-state index is -0.546. The zero-order chi connectivity index (χ0) is 15.0. The fourth-order valence-corrected chi connectivity index (χ4v) is 2.27. The molecule has 3 rings (SSSR count). The van der Waals surface area contributed by atoms with E-state index in [0.717, 1.165) is 11.8 Å². The van der Waals surface area contributed by atoms with Crippen molar-refractivity contribution in [1.29, 1.82) is 0 Å². The van der Waals surface area contributed by atoms with Gasteiger partial charge in [-0.2, -0.15) is 5.10 Å². The van der Waals surface area contributed by atoms with Crippen LogP contribution in [-0.2, 0) is 0 Å². The van der Waals surface area contributed by atoms with E-state index in [4.69, 9.17) is 15.2 Å². The average Bonchev–Trinajstić information content (AvgIpc) is 2.88. The van der Waals surface area contributed by atoms with Gasteiger partial charge in [0.25, 0.3) is 0 Å². The van der Waals surface area contributed by atoms with Gasteiger partial charge in [0.1, 0.15) is 19.4 Å². The number of nitrogens with two attached hydrogens (primary N) is 1. The highest BCUT2D eigenvalue weighted by Crippen LogP contribution is 2.34. The minimum absolute atomic E-state index is 0.0300. The number of ether oxygens (including phenoxy) is 2. The Morgan fingerprint density at radius 3 is 2.76 bits per heavy atom. The van der Waals surface area contributed by atoms with E-state index in [-0.39, 0.29) is 17.5 Å². The Balaban J connectivity index is 1.95. The van der Waals surface area contributed by atoms with E-state index in [1.165, 1.54) is 4.68 Å². The Morgan fingerprint density at radius 2 is 2.10 bits per heavy atom. The Kier molecular flexibility index (Phi) is 3.13. The van der Waals surface area contributed by atoms with Crippen molar-refractivity contribution in [2.45, 2.75) is 13.0 Å². The molecule has 1 aliphatic rings. The van der Waals surface area contributed by atoms with E-state index in [9.17, 15) is 10.1 Å². The molecule has 2 N–H and O–H groups in total. The van der Waals surface area contributed by atoms with Gasteiger partial charge in [-0.15, -0.1) is 0 Å². The molecule has 0 aliphatic carbocycles. The number of hydrogen-bond acceptors (Lipinski definition) is 6. The van der Waals surface area contributed by atoms with Gasteiger partial charge < -0.3 is 15.2 Å². The zero-order valence-corrected chi connectivity index (χ0v) is 11.4. The molecule has 8 heteroatoms. The molecule has 1 aromatic heterocycles. The maximum Gasteiger partial charge on any atom is 0.330 e. The summed E-state index contributed by atoms with van der Waals surface area (Å²) in [6.07, 6.45) is 1.16. The molecule has 0 radical (unpaired) electrons. The number of benzene rings is 1. The first kappa shape index (κ1) is 13.2. The molecule has 0 saturated carbocycles. The molecule has 1 aromatic carbocycles. The third-order valence-corrected chi connectivity index (χ3v) is 3.43. The number of nitrogens with zero attached hydrogens (tertiary/aromatic N) is 3. The lowest BCUT2D eigenvalue weighted by molar-refractivity contribution is -0.384. The number of aromatic nitrogens is 2. The molecule has 2 aromatic rings. The van der Waals surface area contributed by atoms with Crippen molar-refractivity contribution in [1.82, 2.24) is 9.78 Å². The summed E-state index contributed by atoms with van der Waals surface area (Å²) in [5.41, 5.74) is 6.47. The van der Waals surface area contributed by atoms with Crippen LogP contribution in [-0.4, -0.2) is 27.9 Å². The molecule has 1 aliphatic heterocycles. The van der Waals surface area contributed by atoms with Gasteiger partial charge in [-0.3, -0.25) is 10.1 Å². The van der Waals surface area contributed by atoms with E-state index in [2.05, 4.69) is 5.10 Å². The smallest absolute Gasteiger partial charge is 0.330 e. The molecule has 1 unspecified atom stereocenters. The van der Waals surface area contributed by atoms with Crippen molar-refractivity contribution in [3.63, 3.8) is 0 Å². The summed E-state index contributed by atoms with van der Waals surface area (Å²) in [5, 5.41) is 14.8. The maximum atomic E-state index is 10.8. The molecule has 0 bridgehead atoms. The van der Waals surface area contributed by atoms with Crippen molar-refractivity contribution in [2.24, 2.45) is 0 Å². The summed E-state index contributed by atoms with van der Waals surface area (Å²) < 4.78 is 12.4. The molecular weight excluding hydrogens is 276 g/mol. The molecule has 0 amide bonds. The summed E-state index contributed by atoms with van der Waals surface area (Å²) in [7, 11) is 0. The zero-order valence-electron chi connectivity index (χ0n) is 11.4. The van der Waals surface area contributed by atoms with Crippen molar-refractivity contribution >= 4 is 11.5 Å². The van der Waals surface area contributed by atoms with Crippen LogP contribution in [0.4, 0.5) is 11.5 Å². The summed E-state index contributed by atoms with van der Waals surface area (Å²) >= 11 is 0. The van der Waals surface area contributed by atoms with Gasteiger partial charge in [-0.1, -0.05) is 6.07 Å². The predicted octanol–water partition coefficient (Wildman–Crippen LogP) is 1.75. The van der Waals surface area contributed by atoms with Gasteiger partial charge in [0.05, 0.1) is 11.0 Å². The van der Waals surface area contributed by atoms with Gasteiger partial charge in [-0.25, -0.2) is 4.68 Å². The van der Waals surface area contributed by atoms with Crippen LogP contribution in [0, 0.1) is 10.1 Å². The largest absolute Gasteiger partial charge is 0.486 e. The quantitative estimate of drug-likeness (QED) is 0.682. The van der Waals surface area contributed by atoms with E-state index in [1.807, 2.05) is 25.1 Å². The lowest BCUT2D eigenvalue weighted by Crippen LogP contribution is -2.16. The summed E-state index contributed by atoms with van der Waals surface area (Å²) in [6, 6.07) is 5.26. The lowest BCUT2D eigenvalue weighted by Gasteiger charge is -2.21. The maximum absolute atomic E-state index is 10.8. The Labute approximate surface area is 120 Å². The number of nitrogen functional groups attached to an aromatic ring is 1. The van der Waals surface area contributed by atoms with E-state index in [0.29, 0.717) is 24.7 Å². The van der Waals surface area contributed by atoms with Crippen molar-refractivity contribution in [3.05, 3.63) is 40.1 Å². The van der Waals surface area contributed by atoms with Crippen molar-refractivity contribution in [3.8, 4) is 11.5 Å². The Morgan fingerprint density at radius 1 is 1.38 bits per heavy atom. The van der Waals surface area contributed by atoms with Crippen LogP contribution in [0.1, 0.15) is 18.5 Å². The van der Waals surface area contributed by atoms with E-state index < -0.39 is 4.92 Å². The molecule has 110 valence electrons. The fourth-order valence-electron chi connectivity index (χ4n) is 2.27. The van der Waals surface area contributed by atoms with Crippen LogP contribution in [0.15, 0.2) is 24.4 Å². The predicted molar refractivity (Wildman–Crippen MR) is 74.5 cm³/mol. The second kappa shape index (κ2) is 4.97. The highest BCUT2D eigenvalue weighted by atomic mass is 16.6. The molecule has 0 saturated heterocycles. The van der Waals surface area contributed by atoms with Crippen LogP contribution in [0.5, 0.6) is 11.5 Å². The van der Waals surface area contributed by atoms with Crippen LogP contribution in [0.3, 0.4) is 0 Å². The van der Waals surface area contributed by atoms with Gasteiger partial charge in [0.15, 0.2) is 11.5 Å². The van der Waals surface area contributed by atoms with Gasteiger partial charge in [0, 0.05) is 0 Å². The first-order valence-electron chi connectivity index (χ1n) is 6.45. The molecule has 8 nitrogen and oxygen atoms in total. The third-order valence-electron chi connectivity index (χ3n) is 3.43. The number of nitro groups is 1. The van der Waals surface area contributed by atoms with Crippen molar-refractivity contribution in [2.75, 3.05) is 18.9 Å². The SMILES string of the molecule is CC(c1ccc2c(c1)OCCO2)n1ncc([N+](=O)[O-])c1N. The first-order chi connectivity index (χ1) is 10.1. The fraction of sp³-hybridized carbons (Fsp3) is 0.308. The second-order valence-electron chi connectivity index (χ2n) is 4.70. The number of rotatable bonds is 3. The van der Waals surface area contributed by atoms with Crippen LogP contribution in [0.2, 0.25) is 0 Å². The second-order valence-corrected chi connectivity index (χ2v) is 4.70. The van der Waals surface area contributed by atoms with Crippen molar-refractivity contribution < 1.29 is 14.4 Å². The van der Waals surface area contributed by atoms with Crippen LogP contribution < -0.4 is 15.2 Å². The molecule has 2 heterocycles. The average molecular weight is 290 g/mol. The standard InChI is InChI=1S/C13H14N4O4/c1-8(16-13(14)10(7-15-16)17(18)19)9-2-3-11-12(6-9)21-5-4-20-11/h2-3,6-8H,4-5,14H2,1H3. The third kappa shape index (κ3) is 2.24. The van der Waals surface area contributed by atoms with Crippen LogP contribution >= 0.6 is 0 Å². The Bertz CT molecular complexity index is 697. The molecule has 0 spiro atoms. The lowest BCUT2D eigenvalue weighted by atomic mass is 10.1.